The van der Waals surface area contributed by atoms with Gasteiger partial charge in [0, 0.05) is 50.3 Å². The van der Waals surface area contributed by atoms with E-state index < -0.39 is 0 Å². The summed E-state index contributed by atoms with van der Waals surface area (Å²) in [4.78, 5) is 19.3. The molecule has 2 aromatic rings. The van der Waals surface area contributed by atoms with Gasteiger partial charge in [0.1, 0.15) is 0 Å². The van der Waals surface area contributed by atoms with E-state index in [0.717, 1.165) is 58.4 Å². The van der Waals surface area contributed by atoms with Crippen molar-refractivity contribution in [3.05, 3.63) is 66.3 Å². The molecule has 0 saturated carbocycles. The Morgan fingerprint density at radius 2 is 1.76 bits per heavy atom. The third-order valence-corrected chi connectivity index (χ3v) is 7.02. The van der Waals surface area contributed by atoms with Crippen LogP contribution in [0.5, 0.6) is 0 Å². The molecule has 0 bridgehead atoms. The van der Waals surface area contributed by atoms with Gasteiger partial charge in [0.15, 0.2) is 0 Å². The molecular weight excluding hydrogens is 516 g/mol. The molecule has 29 heavy (non-hydrogen) atoms. The molecule has 0 atom stereocenters. The van der Waals surface area contributed by atoms with Gasteiger partial charge in [0.05, 0.1) is 5.69 Å². The highest BCUT2D eigenvalue weighted by Crippen LogP contribution is 2.42. The normalized spacial score (nSPS) is 16.6. The number of carbonyl (C=O) groups is 1. The standard InChI is InChI=1S/C23H23Br2ClN2O/c1-13(2)23(29)28-7-5-14(6-8-28)21-20-15(10-18(26)11-19(20)25)3-4-16-9-17(24)12-27-22(16)21/h9-13H,3-8H2,1-2H3. The fourth-order valence-corrected chi connectivity index (χ4v) is 5.80. The highest BCUT2D eigenvalue weighted by atomic mass is 79.9. The number of likely N-dealkylation sites (tertiary alicyclic amines) is 1. The first-order valence-electron chi connectivity index (χ1n) is 9.99. The predicted molar refractivity (Wildman–Crippen MR) is 125 cm³/mol. The van der Waals surface area contributed by atoms with Gasteiger partial charge < -0.3 is 4.90 Å². The van der Waals surface area contributed by atoms with E-state index in [2.05, 4.69) is 44.0 Å². The van der Waals surface area contributed by atoms with Crippen LogP contribution in [0.25, 0.3) is 5.57 Å². The lowest BCUT2D eigenvalue weighted by molar-refractivity contribution is -0.134. The smallest absolute Gasteiger partial charge is 0.225 e. The van der Waals surface area contributed by atoms with E-state index in [1.165, 1.54) is 27.8 Å². The molecular formula is C23H23Br2ClN2O. The molecule has 6 heteroatoms. The summed E-state index contributed by atoms with van der Waals surface area (Å²) < 4.78 is 2.02. The number of aromatic nitrogens is 1. The number of piperidine rings is 1. The molecule has 152 valence electrons. The van der Waals surface area contributed by atoms with Gasteiger partial charge in [-0.3, -0.25) is 9.78 Å². The molecule has 1 aliphatic carbocycles. The lowest BCUT2D eigenvalue weighted by Crippen LogP contribution is -2.39. The van der Waals surface area contributed by atoms with E-state index in [1.54, 1.807) is 0 Å². The van der Waals surface area contributed by atoms with Crippen molar-refractivity contribution in [1.82, 2.24) is 9.88 Å². The zero-order valence-corrected chi connectivity index (χ0v) is 20.5. The average molecular weight is 539 g/mol. The topological polar surface area (TPSA) is 33.2 Å². The van der Waals surface area contributed by atoms with Crippen LogP contribution < -0.4 is 0 Å². The average Bonchev–Trinajstić information content (AvgIpc) is 2.84. The third kappa shape index (κ3) is 4.19. The van der Waals surface area contributed by atoms with Crippen LogP contribution in [0.3, 0.4) is 0 Å². The zero-order chi connectivity index (χ0) is 20.7. The van der Waals surface area contributed by atoms with Gasteiger partial charge in [-0.25, -0.2) is 0 Å². The molecule has 4 rings (SSSR count). The summed E-state index contributed by atoms with van der Waals surface area (Å²) in [6.07, 6.45) is 5.48. The van der Waals surface area contributed by atoms with Crippen molar-refractivity contribution in [3.63, 3.8) is 0 Å². The fourth-order valence-electron chi connectivity index (χ4n) is 4.35. The number of pyridine rings is 1. The molecule has 1 aromatic heterocycles. The van der Waals surface area contributed by atoms with Crippen LogP contribution in [0, 0.1) is 5.92 Å². The van der Waals surface area contributed by atoms with E-state index in [0.29, 0.717) is 0 Å². The Bertz CT molecular complexity index is 1010. The van der Waals surface area contributed by atoms with Crippen LogP contribution in [0.15, 0.2) is 38.9 Å². The molecule has 1 aliphatic heterocycles. The number of hydrogen-bond donors (Lipinski definition) is 0. The number of amides is 1. The number of aryl methyl sites for hydroxylation is 2. The van der Waals surface area contributed by atoms with Crippen molar-refractivity contribution < 1.29 is 4.79 Å². The van der Waals surface area contributed by atoms with Crippen molar-refractivity contribution in [1.29, 1.82) is 0 Å². The minimum Gasteiger partial charge on any atom is -0.342 e. The molecule has 1 fully saturated rings. The molecule has 2 aliphatic rings. The lowest BCUT2D eigenvalue weighted by Gasteiger charge is -2.31. The van der Waals surface area contributed by atoms with Gasteiger partial charge in [-0.15, -0.1) is 0 Å². The number of rotatable bonds is 1. The van der Waals surface area contributed by atoms with Crippen LogP contribution in [0.4, 0.5) is 0 Å². The Morgan fingerprint density at radius 1 is 1.07 bits per heavy atom. The van der Waals surface area contributed by atoms with Crippen LogP contribution in [0.1, 0.15) is 49.1 Å². The Labute approximate surface area is 193 Å². The van der Waals surface area contributed by atoms with Crippen molar-refractivity contribution in [2.75, 3.05) is 13.1 Å². The second-order valence-corrected chi connectivity index (χ2v) is 10.2. The maximum atomic E-state index is 12.4. The minimum atomic E-state index is 0.0406. The number of benzene rings is 1. The number of nitrogens with zero attached hydrogens (tertiary/aromatic N) is 2. The molecule has 1 saturated heterocycles. The Morgan fingerprint density at radius 3 is 2.45 bits per heavy atom. The number of halogens is 3. The first-order valence-corrected chi connectivity index (χ1v) is 12.0. The second-order valence-electron chi connectivity index (χ2n) is 8.04. The van der Waals surface area contributed by atoms with E-state index in [1.807, 2.05) is 31.0 Å². The monoisotopic (exact) mass is 536 g/mol. The number of fused-ring (bicyclic) bond motifs is 2. The van der Waals surface area contributed by atoms with E-state index in [-0.39, 0.29) is 11.8 Å². The SMILES string of the molecule is CC(C)C(=O)N1CCC(=C2c3ncc(Br)cc3CCc3cc(Cl)cc(Br)c32)CC1. The summed E-state index contributed by atoms with van der Waals surface area (Å²) >= 11 is 13.7. The van der Waals surface area contributed by atoms with Crippen LogP contribution >= 0.6 is 43.5 Å². The van der Waals surface area contributed by atoms with E-state index in [9.17, 15) is 4.79 Å². The maximum Gasteiger partial charge on any atom is 0.225 e. The molecule has 1 amide bonds. The minimum absolute atomic E-state index is 0.0406. The highest BCUT2D eigenvalue weighted by Gasteiger charge is 2.28. The van der Waals surface area contributed by atoms with Crippen molar-refractivity contribution in [3.8, 4) is 0 Å². The molecule has 1 aromatic carbocycles. The Balaban J connectivity index is 1.84. The predicted octanol–water partition coefficient (Wildman–Crippen LogP) is 6.44. The van der Waals surface area contributed by atoms with E-state index in [4.69, 9.17) is 16.6 Å². The van der Waals surface area contributed by atoms with Crippen LogP contribution in [-0.4, -0.2) is 28.9 Å². The van der Waals surface area contributed by atoms with Crippen molar-refractivity contribution >= 4 is 54.9 Å². The summed E-state index contributed by atoms with van der Waals surface area (Å²) in [7, 11) is 0. The fraction of sp³-hybridized carbons (Fsp3) is 0.391. The molecule has 2 heterocycles. The molecule has 3 nitrogen and oxygen atoms in total. The largest absolute Gasteiger partial charge is 0.342 e. The quantitative estimate of drug-likeness (QED) is 0.419. The van der Waals surface area contributed by atoms with Gasteiger partial charge in [-0.2, -0.15) is 0 Å². The first kappa shape index (κ1) is 21.1. The number of hydrogen-bond acceptors (Lipinski definition) is 2. The van der Waals surface area contributed by atoms with E-state index >= 15 is 0 Å². The summed E-state index contributed by atoms with van der Waals surface area (Å²) in [5.74, 6) is 0.282. The summed E-state index contributed by atoms with van der Waals surface area (Å²) in [5, 5.41) is 0.748. The summed E-state index contributed by atoms with van der Waals surface area (Å²) in [6.45, 7) is 5.47. The zero-order valence-electron chi connectivity index (χ0n) is 16.6. The van der Waals surface area contributed by atoms with Crippen molar-refractivity contribution in [2.24, 2.45) is 5.92 Å². The summed E-state index contributed by atoms with van der Waals surface area (Å²) in [6, 6.07) is 6.24. The number of carbonyl (C=O) groups excluding carboxylic acids is 1. The lowest BCUT2D eigenvalue weighted by atomic mass is 9.88. The van der Waals surface area contributed by atoms with Gasteiger partial charge in [0.25, 0.3) is 0 Å². The molecule has 0 radical (unpaired) electrons. The van der Waals surface area contributed by atoms with Crippen molar-refractivity contribution in [2.45, 2.75) is 39.5 Å². The maximum absolute atomic E-state index is 12.4. The van der Waals surface area contributed by atoms with Crippen LogP contribution in [0.2, 0.25) is 5.02 Å². The highest BCUT2D eigenvalue weighted by molar-refractivity contribution is 9.10. The van der Waals surface area contributed by atoms with Gasteiger partial charge in [-0.05, 0) is 70.9 Å². The molecule has 0 N–H and O–H groups in total. The second kappa shape index (κ2) is 8.52. The Hall–Kier alpha value is -1.17. The van der Waals surface area contributed by atoms with Gasteiger partial charge in [-0.1, -0.05) is 47.0 Å². The Kier molecular flexibility index (Phi) is 6.19. The third-order valence-electron chi connectivity index (χ3n) is 5.75. The van der Waals surface area contributed by atoms with Crippen LogP contribution in [-0.2, 0) is 17.6 Å². The summed E-state index contributed by atoms with van der Waals surface area (Å²) in [5.41, 5.74) is 7.37. The molecule has 0 spiro atoms. The molecule has 0 unspecified atom stereocenters. The van der Waals surface area contributed by atoms with Gasteiger partial charge in [0.2, 0.25) is 5.91 Å². The first-order chi connectivity index (χ1) is 13.8. The van der Waals surface area contributed by atoms with Gasteiger partial charge >= 0.3 is 0 Å².